The van der Waals surface area contributed by atoms with Crippen molar-refractivity contribution in [2.24, 2.45) is 0 Å². The van der Waals surface area contributed by atoms with Crippen molar-refractivity contribution in [3.05, 3.63) is 34.9 Å². The first-order valence-electron chi connectivity index (χ1n) is 7.45. The molecule has 1 atom stereocenters. The molecule has 0 aliphatic carbocycles. The molecule has 1 amide bonds. The van der Waals surface area contributed by atoms with E-state index in [1.54, 1.807) is 12.1 Å². The second-order valence-electron chi connectivity index (χ2n) is 5.43. The quantitative estimate of drug-likeness (QED) is 0.860. The van der Waals surface area contributed by atoms with Gasteiger partial charge in [0.15, 0.2) is 0 Å². The summed E-state index contributed by atoms with van der Waals surface area (Å²) in [7, 11) is -3.34. The van der Waals surface area contributed by atoms with Crippen LogP contribution in [0.5, 0.6) is 0 Å². The molecule has 5 nitrogen and oxygen atoms in total. The summed E-state index contributed by atoms with van der Waals surface area (Å²) in [6.45, 7) is 2.62. The highest BCUT2D eigenvalue weighted by Gasteiger charge is 2.37. The summed E-state index contributed by atoms with van der Waals surface area (Å²) in [5.74, 6) is -0.138. The highest BCUT2D eigenvalue weighted by atomic mass is 35.5. The summed E-state index contributed by atoms with van der Waals surface area (Å²) in [5, 5.41) is 3.46. The Morgan fingerprint density at radius 1 is 1.36 bits per heavy atom. The molecule has 122 valence electrons. The van der Waals surface area contributed by atoms with Crippen LogP contribution >= 0.6 is 11.6 Å². The fourth-order valence-electron chi connectivity index (χ4n) is 2.62. The van der Waals surface area contributed by atoms with E-state index in [9.17, 15) is 13.2 Å². The SMILES string of the molecule is CCCS(=O)(=O)N1CCCC1C(=O)NCc1ccc(Cl)cc1. The second-order valence-corrected chi connectivity index (χ2v) is 7.91. The minimum absolute atomic E-state index is 0.0912. The van der Waals surface area contributed by atoms with E-state index in [-0.39, 0.29) is 11.7 Å². The van der Waals surface area contributed by atoms with Gasteiger partial charge in [0.25, 0.3) is 0 Å². The van der Waals surface area contributed by atoms with Crippen molar-refractivity contribution in [2.75, 3.05) is 12.3 Å². The molecule has 1 aliphatic heterocycles. The third-order valence-electron chi connectivity index (χ3n) is 3.71. The van der Waals surface area contributed by atoms with Crippen LogP contribution in [0.3, 0.4) is 0 Å². The minimum Gasteiger partial charge on any atom is -0.351 e. The van der Waals surface area contributed by atoms with E-state index in [4.69, 9.17) is 11.6 Å². The van der Waals surface area contributed by atoms with Gasteiger partial charge in [-0.2, -0.15) is 4.31 Å². The summed E-state index contributed by atoms with van der Waals surface area (Å²) in [6.07, 6.45) is 1.86. The molecule has 7 heteroatoms. The topological polar surface area (TPSA) is 66.5 Å². The highest BCUT2D eigenvalue weighted by molar-refractivity contribution is 7.89. The number of hydrogen-bond acceptors (Lipinski definition) is 3. The number of rotatable bonds is 6. The van der Waals surface area contributed by atoms with Crippen molar-refractivity contribution >= 4 is 27.5 Å². The van der Waals surface area contributed by atoms with Gasteiger partial charge < -0.3 is 5.32 Å². The average molecular weight is 345 g/mol. The van der Waals surface area contributed by atoms with Gasteiger partial charge in [-0.1, -0.05) is 30.7 Å². The molecule has 1 aromatic rings. The first-order chi connectivity index (χ1) is 10.4. The summed E-state index contributed by atoms with van der Waals surface area (Å²) in [5.41, 5.74) is 0.929. The Balaban J connectivity index is 1.97. The molecular weight excluding hydrogens is 324 g/mol. The zero-order valence-electron chi connectivity index (χ0n) is 12.6. The molecule has 0 bridgehead atoms. The Bertz CT molecular complexity index is 616. The molecule has 1 unspecified atom stereocenters. The Morgan fingerprint density at radius 2 is 2.05 bits per heavy atom. The van der Waals surface area contributed by atoms with Crippen molar-refractivity contribution in [1.82, 2.24) is 9.62 Å². The molecule has 1 N–H and O–H groups in total. The zero-order chi connectivity index (χ0) is 16.2. The largest absolute Gasteiger partial charge is 0.351 e. The van der Waals surface area contributed by atoms with Crippen LogP contribution in [-0.4, -0.2) is 37.0 Å². The van der Waals surface area contributed by atoms with Crippen LogP contribution in [0.15, 0.2) is 24.3 Å². The Kier molecular flexibility index (Phi) is 5.83. The standard InChI is InChI=1S/C15H21ClN2O3S/c1-2-10-22(20,21)18-9-3-4-14(18)15(19)17-11-12-5-7-13(16)8-6-12/h5-8,14H,2-4,9-11H2,1H3,(H,17,19). The van der Waals surface area contributed by atoms with Gasteiger partial charge in [0, 0.05) is 18.1 Å². The van der Waals surface area contributed by atoms with Crippen molar-refractivity contribution in [3.8, 4) is 0 Å². The van der Waals surface area contributed by atoms with E-state index in [1.165, 1.54) is 4.31 Å². The molecule has 2 rings (SSSR count). The van der Waals surface area contributed by atoms with Crippen molar-refractivity contribution in [2.45, 2.75) is 38.8 Å². The van der Waals surface area contributed by atoms with Crippen LogP contribution in [0.4, 0.5) is 0 Å². The zero-order valence-corrected chi connectivity index (χ0v) is 14.2. The van der Waals surface area contributed by atoms with E-state index in [1.807, 2.05) is 19.1 Å². The molecule has 0 spiro atoms. The van der Waals surface area contributed by atoms with Gasteiger partial charge in [-0.3, -0.25) is 4.79 Å². The number of sulfonamides is 1. The van der Waals surface area contributed by atoms with Gasteiger partial charge in [0.05, 0.1) is 5.75 Å². The number of hydrogen-bond donors (Lipinski definition) is 1. The lowest BCUT2D eigenvalue weighted by Gasteiger charge is -2.23. The van der Waals surface area contributed by atoms with Crippen LogP contribution in [0.1, 0.15) is 31.7 Å². The maximum Gasteiger partial charge on any atom is 0.238 e. The molecule has 0 aromatic heterocycles. The summed E-state index contributed by atoms with van der Waals surface area (Å²) in [6, 6.07) is 6.61. The number of carbonyl (C=O) groups is 1. The van der Waals surface area contributed by atoms with E-state index in [2.05, 4.69) is 5.32 Å². The predicted molar refractivity (Wildman–Crippen MR) is 87.1 cm³/mol. The molecule has 0 saturated carbocycles. The van der Waals surface area contributed by atoms with Crippen molar-refractivity contribution < 1.29 is 13.2 Å². The molecule has 1 saturated heterocycles. The van der Waals surface area contributed by atoms with Gasteiger partial charge in [-0.05, 0) is 37.0 Å². The normalized spacial score (nSPS) is 19.3. The van der Waals surface area contributed by atoms with Gasteiger partial charge >= 0.3 is 0 Å². The summed E-state index contributed by atoms with van der Waals surface area (Å²) >= 11 is 5.82. The Labute approximate surface area is 136 Å². The molecule has 1 aliphatic rings. The van der Waals surface area contributed by atoms with Gasteiger partial charge in [-0.15, -0.1) is 0 Å². The fraction of sp³-hybridized carbons (Fsp3) is 0.533. The molecule has 1 aromatic carbocycles. The van der Waals surface area contributed by atoms with Gasteiger partial charge in [-0.25, -0.2) is 8.42 Å². The Hall–Kier alpha value is -1.11. The maximum atomic E-state index is 12.3. The maximum absolute atomic E-state index is 12.3. The average Bonchev–Trinajstić information content (AvgIpc) is 2.97. The van der Waals surface area contributed by atoms with Crippen LogP contribution in [0.25, 0.3) is 0 Å². The third-order valence-corrected chi connectivity index (χ3v) is 6.03. The lowest BCUT2D eigenvalue weighted by atomic mass is 10.2. The van der Waals surface area contributed by atoms with E-state index in [0.717, 1.165) is 12.0 Å². The predicted octanol–water partition coefficient (Wildman–Crippen LogP) is 2.16. The first kappa shape index (κ1) is 17.2. The van der Waals surface area contributed by atoms with Crippen LogP contribution in [0, 0.1) is 0 Å². The Morgan fingerprint density at radius 3 is 2.68 bits per heavy atom. The van der Waals surface area contributed by atoms with Crippen LogP contribution < -0.4 is 5.32 Å². The fourth-order valence-corrected chi connectivity index (χ4v) is 4.49. The molecule has 0 radical (unpaired) electrons. The second kappa shape index (κ2) is 7.44. The lowest BCUT2D eigenvalue weighted by Crippen LogP contribution is -2.46. The molecule has 1 fully saturated rings. The van der Waals surface area contributed by atoms with Gasteiger partial charge in [0.2, 0.25) is 15.9 Å². The number of amides is 1. The molecule has 1 heterocycles. The number of carbonyl (C=O) groups excluding carboxylic acids is 1. The number of benzene rings is 1. The lowest BCUT2D eigenvalue weighted by molar-refractivity contribution is -0.124. The number of halogens is 1. The minimum atomic E-state index is -3.34. The van der Waals surface area contributed by atoms with Crippen molar-refractivity contribution in [1.29, 1.82) is 0 Å². The summed E-state index contributed by atoms with van der Waals surface area (Å²) < 4.78 is 25.7. The monoisotopic (exact) mass is 344 g/mol. The van der Waals surface area contributed by atoms with E-state index < -0.39 is 16.1 Å². The highest BCUT2D eigenvalue weighted by Crippen LogP contribution is 2.22. The number of nitrogens with one attached hydrogen (secondary N) is 1. The first-order valence-corrected chi connectivity index (χ1v) is 9.44. The number of nitrogens with zero attached hydrogens (tertiary/aromatic N) is 1. The summed E-state index contributed by atoms with van der Waals surface area (Å²) in [4.78, 5) is 12.3. The van der Waals surface area contributed by atoms with E-state index >= 15 is 0 Å². The smallest absolute Gasteiger partial charge is 0.238 e. The van der Waals surface area contributed by atoms with Crippen LogP contribution in [0.2, 0.25) is 5.02 Å². The van der Waals surface area contributed by atoms with Gasteiger partial charge in [0.1, 0.15) is 6.04 Å². The van der Waals surface area contributed by atoms with E-state index in [0.29, 0.717) is 31.0 Å². The van der Waals surface area contributed by atoms with Crippen LogP contribution in [-0.2, 0) is 21.4 Å². The molecular formula is C15H21ClN2O3S. The van der Waals surface area contributed by atoms with Crippen molar-refractivity contribution in [3.63, 3.8) is 0 Å². The molecule has 22 heavy (non-hydrogen) atoms. The third kappa shape index (κ3) is 4.21.